The standard InChI is InChI=1S/C19H32N4O2/c1-14-6-3-8-16(12-14)20-22-18(24)10-5-11-19(25)23-21-17-9-4-7-15(2)13-17/h14-15H,3-13H2,1-2H3,(H,22,24)(H,23,25)/t14-,15-/m0/s1. The minimum atomic E-state index is -0.119. The van der Waals surface area contributed by atoms with Crippen LogP contribution in [0.5, 0.6) is 0 Å². The van der Waals surface area contributed by atoms with Gasteiger partial charge < -0.3 is 0 Å². The molecule has 2 amide bonds. The molecule has 140 valence electrons. The van der Waals surface area contributed by atoms with Gasteiger partial charge in [0.15, 0.2) is 0 Å². The summed E-state index contributed by atoms with van der Waals surface area (Å²) in [5, 5.41) is 8.46. The number of hydrogen-bond acceptors (Lipinski definition) is 4. The lowest BCUT2D eigenvalue weighted by Gasteiger charge is -2.19. The number of nitrogens with zero attached hydrogens (tertiary/aromatic N) is 2. The summed E-state index contributed by atoms with van der Waals surface area (Å²) < 4.78 is 0. The highest BCUT2D eigenvalue weighted by Gasteiger charge is 2.15. The Labute approximate surface area is 150 Å². The number of carbonyl (C=O) groups is 2. The normalized spacial score (nSPS) is 27.3. The molecular weight excluding hydrogens is 316 g/mol. The highest BCUT2D eigenvalue weighted by molar-refractivity contribution is 5.88. The molecule has 0 aliphatic heterocycles. The first-order valence-corrected chi connectivity index (χ1v) is 9.71. The largest absolute Gasteiger partial charge is 0.273 e. The van der Waals surface area contributed by atoms with Crippen molar-refractivity contribution >= 4 is 23.2 Å². The minimum absolute atomic E-state index is 0.119. The smallest absolute Gasteiger partial charge is 0.240 e. The van der Waals surface area contributed by atoms with E-state index in [0.29, 0.717) is 31.1 Å². The van der Waals surface area contributed by atoms with E-state index in [4.69, 9.17) is 0 Å². The van der Waals surface area contributed by atoms with Gasteiger partial charge in [-0.2, -0.15) is 10.2 Å². The maximum Gasteiger partial charge on any atom is 0.240 e. The Balaban J connectivity index is 1.59. The van der Waals surface area contributed by atoms with Crippen LogP contribution in [0.2, 0.25) is 0 Å². The Bertz CT molecular complexity index is 482. The molecule has 2 atom stereocenters. The maximum absolute atomic E-state index is 11.8. The van der Waals surface area contributed by atoms with Gasteiger partial charge in [-0.3, -0.25) is 9.59 Å². The van der Waals surface area contributed by atoms with Gasteiger partial charge in [0.25, 0.3) is 0 Å². The Kier molecular flexibility index (Phi) is 8.09. The SMILES string of the molecule is C[C@H]1CCCC(=NNC(=O)CCCC(=O)NN=C2CCC[C@H](C)C2)C1. The molecule has 6 nitrogen and oxygen atoms in total. The van der Waals surface area contributed by atoms with Gasteiger partial charge in [-0.1, -0.05) is 13.8 Å². The summed E-state index contributed by atoms with van der Waals surface area (Å²) in [4.78, 5) is 23.6. The third-order valence-electron chi connectivity index (χ3n) is 4.98. The zero-order valence-corrected chi connectivity index (χ0v) is 15.6. The quantitative estimate of drug-likeness (QED) is 0.720. The number of hydrogen-bond donors (Lipinski definition) is 2. The van der Waals surface area contributed by atoms with Crippen molar-refractivity contribution < 1.29 is 9.59 Å². The Morgan fingerprint density at radius 3 is 1.72 bits per heavy atom. The molecule has 0 unspecified atom stereocenters. The van der Waals surface area contributed by atoms with Gasteiger partial charge in [0.2, 0.25) is 11.8 Å². The van der Waals surface area contributed by atoms with Crippen molar-refractivity contribution in [3.05, 3.63) is 0 Å². The highest BCUT2D eigenvalue weighted by Crippen LogP contribution is 2.21. The second-order valence-corrected chi connectivity index (χ2v) is 7.68. The topological polar surface area (TPSA) is 82.9 Å². The molecular formula is C19H32N4O2. The Morgan fingerprint density at radius 1 is 0.880 bits per heavy atom. The predicted molar refractivity (Wildman–Crippen MR) is 100 cm³/mol. The Morgan fingerprint density at radius 2 is 1.32 bits per heavy atom. The van der Waals surface area contributed by atoms with Crippen molar-refractivity contribution in [2.75, 3.05) is 0 Å². The lowest BCUT2D eigenvalue weighted by molar-refractivity contribution is -0.122. The van der Waals surface area contributed by atoms with Crippen LogP contribution >= 0.6 is 0 Å². The van der Waals surface area contributed by atoms with Crippen LogP contribution in [-0.2, 0) is 9.59 Å². The molecule has 0 heterocycles. The van der Waals surface area contributed by atoms with E-state index in [-0.39, 0.29) is 11.8 Å². The van der Waals surface area contributed by atoms with Gasteiger partial charge in [-0.25, -0.2) is 10.9 Å². The van der Waals surface area contributed by atoms with Crippen LogP contribution in [0.3, 0.4) is 0 Å². The fraction of sp³-hybridized carbons (Fsp3) is 0.789. The summed E-state index contributed by atoms with van der Waals surface area (Å²) in [6.45, 7) is 4.43. The number of hydrazone groups is 2. The average Bonchev–Trinajstić information content (AvgIpc) is 2.58. The summed E-state index contributed by atoms with van der Waals surface area (Å²) in [6, 6.07) is 0. The molecule has 2 saturated carbocycles. The molecule has 0 aromatic rings. The number of amides is 2. The van der Waals surface area contributed by atoms with Gasteiger partial charge in [-0.15, -0.1) is 0 Å². The minimum Gasteiger partial charge on any atom is -0.273 e. The summed E-state index contributed by atoms with van der Waals surface area (Å²) in [5.74, 6) is 1.07. The molecule has 0 bridgehead atoms. The molecule has 0 spiro atoms. The fourth-order valence-corrected chi connectivity index (χ4v) is 3.53. The fourth-order valence-electron chi connectivity index (χ4n) is 3.53. The van der Waals surface area contributed by atoms with Crippen LogP contribution in [0.25, 0.3) is 0 Å². The van der Waals surface area contributed by atoms with Crippen LogP contribution in [0.1, 0.15) is 84.5 Å². The van der Waals surface area contributed by atoms with E-state index in [1.807, 2.05) is 0 Å². The molecule has 2 N–H and O–H groups in total. The average molecular weight is 348 g/mol. The van der Waals surface area contributed by atoms with Gasteiger partial charge in [0.1, 0.15) is 0 Å². The first-order chi connectivity index (χ1) is 12.0. The zero-order chi connectivity index (χ0) is 18.1. The molecule has 2 aliphatic rings. The Hall–Kier alpha value is -1.72. The van der Waals surface area contributed by atoms with Crippen molar-refractivity contribution in [3.63, 3.8) is 0 Å². The first kappa shape index (κ1) is 19.6. The van der Waals surface area contributed by atoms with Crippen LogP contribution in [0.4, 0.5) is 0 Å². The van der Waals surface area contributed by atoms with Crippen LogP contribution in [-0.4, -0.2) is 23.2 Å². The van der Waals surface area contributed by atoms with E-state index in [1.54, 1.807) is 0 Å². The van der Waals surface area contributed by atoms with E-state index in [9.17, 15) is 9.59 Å². The van der Waals surface area contributed by atoms with E-state index >= 15 is 0 Å². The summed E-state index contributed by atoms with van der Waals surface area (Å²) in [5.41, 5.74) is 7.42. The maximum atomic E-state index is 11.8. The lowest BCUT2D eigenvalue weighted by atomic mass is 9.89. The van der Waals surface area contributed by atoms with E-state index in [1.165, 1.54) is 12.8 Å². The number of carbonyl (C=O) groups excluding carboxylic acids is 2. The molecule has 0 radical (unpaired) electrons. The third-order valence-corrected chi connectivity index (χ3v) is 4.98. The van der Waals surface area contributed by atoms with E-state index in [0.717, 1.165) is 49.9 Å². The molecule has 0 aromatic heterocycles. The van der Waals surface area contributed by atoms with E-state index in [2.05, 4.69) is 34.9 Å². The summed E-state index contributed by atoms with van der Waals surface area (Å²) in [6.07, 6.45) is 9.83. The van der Waals surface area contributed by atoms with Crippen molar-refractivity contribution in [2.24, 2.45) is 22.0 Å². The predicted octanol–water partition coefficient (Wildman–Crippen LogP) is 3.52. The van der Waals surface area contributed by atoms with E-state index < -0.39 is 0 Å². The van der Waals surface area contributed by atoms with Gasteiger partial charge in [0, 0.05) is 24.3 Å². The zero-order valence-electron chi connectivity index (χ0n) is 15.6. The van der Waals surface area contributed by atoms with Crippen molar-refractivity contribution in [1.82, 2.24) is 10.9 Å². The van der Waals surface area contributed by atoms with Crippen LogP contribution < -0.4 is 10.9 Å². The van der Waals surface area contributed by atoms with Crippen LogP contribution in [0, 0.1) is 11.8 Å². The number of nitrogens with one attached hydrogen (secondary N) is 2. The van der Waals surface area contributed by atoms with Crippen molar-refractivity contribution in [1.29, 1.82) is 0 Å². The molecule has 0 aromatic carbocycles. The second-order valence-electron chi connectivity index (χ2n) is 7.68. The van der Waals surface area contributed by atoms with Crippen LogP contribution in [0.15, 0.2) is 10.2 Å². The lowest BCUT2D eigenvalue weighted by Crippen LogP contribution is -2.24. The van der Waals surface area contributed by atoms with Gasteiger partial charge >= 0.3 is 0 Å². The monoisotopic (exact) mass is 348 g/mol. The molecule has 2 fully saturated rings. The molecule has 2 aliphatic carbocycles. The van der Waals surface area contributed by atoms with Crippen molar-refractivity contribution in [2.45, 2.75) is 84.5 Å². The van der Waals surface area contributed by atoms with Gasteiger partial charge in [0.05, 0.1) is 0 Å². The van der Waals surface area contributed by atoms with Gasteiger partial charge in [-0.05, 0) is 69.6 Å². The van der Waals surface area contributed by atoms with Crippen molar-refractivity contribution in [3.8, 4) is 0 Å². The molecule has 25 heavy (non-hydrogen) atoms. The third kappa shape index (κ3) is 7.80. The molecule has 2 rings (SSSR count). The molecule has 6 heteroatoms. The molecule has 0 saturated heterocycles. The summed E-state index contributed by atoms with van der Waals surface area (Å²) in [7, 11) is 0. The second kappa shape index (κ2) is 10.3. The number of rotatable bonds is 6. The summed E-state index contributed by atoms with van der Waals surface area (Å²) >= 11 is 0. The highest BCUT2D eigenvalue weighted by atomic mass is 16.2. The first-order valence-electron chi connectivity index (χ1n) is 9.71.